The maximum Gasteiger partial charge on any atom is 0.155 e. The molecule has 4 heteroatoms. The number of ether oxygens (including phenoxy) is 2. The lowest BCUT2D eigenvalue weighted by molar-refractivity contribution is 0.419. The first-order valence-electron chi connectivity index (χ1n) is 15.6. The van der Waals surface area contributed by atoms with Crippen LogP contribution in [0.1, 0.15) is 25.0 Å². The van der Waals surface area contributed by atoms with E-state index in [2.05, 4.69) is 165 Å². The molecule has 0 saturated heterocycles. The lowest BCUT2D eigenvalue weighted by atomic mass is 9.75. The third kappa shape index (κ3) is 4.32. The van der Waals surface area contributed by atoms with Crippen LogP contribution in [-0.2, 0) is 5.41 Å². The van der Waals surface area contributed by atoms with Gasteiger partial charge in [-0.1, -0.05) is 130 Å². The Morgan fingerprint density at radius 2 is 1.04 bits per heavy atom. The number of fused-ring (bicyclic) bond motifs is 4. The van der Waals surface area contributed by atoms with Crippen molar-refractivity contribution in [2.75, 3.05) is 4.90 Å². The number of rotatable bonds is 4. The Morgan fingerprint density at radius 3 is 1.82 bits per heavy atom. The van der Waals surface area contributed by atoms with Gasteiger partial charge in [0, 0.05) is 22.2 Å². The number of benzene rings is 6. The minimum Gasteiger partial charge on any atom is -0.455 e. The Morgan fingerprint density at radius 1 is 0.489 bits per heavy atom. The quantitative estimate of drug-likeness (QED) is 0.188. The van der Waals surface area contributed by atoms with Crippen LogP contribution < -0.4 is 24.7 Å². The maximum absolute atomic E-state index is 6.85. The van der Waals surface area contributed by atoms with E-state index in [4.69, 9.17) is 9.47 Å². The highest BCUT2D eigenvalue weighted by Crippen LogP contribution is 2.54. The summed E-state index contributed by atoms with van der Waals surface area (Å²) in [5.41, 5.74) is 7.52. The molecule has 6 aromatic carbocycles. The van der Waals surface area contributed by atoms with Gasteiger partial charge in [-0.2, -0.15) is 0 Å². The number of anilines is 3. The molecule has 2 aliphatic heterocycles. The van der Waals surface area contributed by atoms with Crippen LogP contribution in [0.2, 0.25) is 13.1 Å². The predicted molar refractivity (Wildman–Crippen MR) is 188 cm³/mol. The summed E-state index contributed by atoms with van der Waals surface area (Å²) in [6.45, 7) is 9.41. The summed E-state index contributed by atoms with van der Waals surface area (Å²) in [4.78, 5) is 2.33. The fourth-order valence-corrected chi connectivity index (χ4v) is 9.91. The van der Waals surface area contributed by atoms with E-state index in [1.807, 2.05) is 6.07 Å². The summed E-state index contributed by atoms with van der Waals surface area (Å²) in [5.74, 6) is 3.65. The molecule has 0 saturated carbocycles. The minimum absolute atomic E-state index is 0.233. The van der Waals surface area contributed by atoms with Gasteiger partial charge in [0.15, 0.2) is 11.5 Å². The van der Waals surface area contributed by atoms with Crippen molar-refractivity contribution in [2.24, 2.45) is 0 Å². The van der Waals surface area contributed by atoms with Crippen molar-refractivity contribution in [3.8, 4) is 34.1 Å². The molecule has 0 unspecified atom stereocenters. The standard InChI is InChI=1S/C41H35NO2Si/c1-41(2)31-16-8-9-20-35(31)43-39-32(41)17-12-18-33(39)42(30-26-24-29(25-27-30)28-14-6-5-7-15-28)34-19-13-23-38-40(34)44-36-21-10-11-22-37(36)45(38,3)4/h5-27H,1-4H3. The van der Waals surface area contributed by atoms with Gasteiger partial charge in [0.25, 0.3) is 0 Å². The molecule has 2 heterocycles. The topological polar surface area (TPSA) is 21.7 Å². The summed E-state index contributed by atoms with van der Waals surface area (Å²) in [6, 6.07) is 49.4. The van der Waals surface area contributed by atoms with Crippen LogP contribution in [0.15, 0.2) is 140 Å². The summed E-state index contributed by atoms with van der Waals surface area (Å²) in [5, 5.41) is 2.62. The number of para-hydroxylation sites is 4. The molecule has 3 nitrogen and oxygen atoms in total. The summed E-state index contributed by atoms with van der Waals surface area (Å²) < 4.78 is 13.7. The largest absolute Gasteiger partial charge is 0.455 e. The Labute approximate surface area is 266 Å². The molecule has 0 atom stereocenters. The number of hydrogen-bond acceptors (Lipinski definition) is 3. The highest BCUT2D eigenvalue weighted by atomic mass is 28.3. The van der Waals surface area contributed by atoms with Crippen molar-refractivity contribution in [1.29, 1.82) is 0 Å². The Kier molecular flexibility index (Phi) is 6.26. The van der Waals surface area contributed by atoms with Crippen LogP contribution in [0.25, 0.3) is 11.1 Å². The molecule has 2 aliphatic rings. The highest BCUT2D eigenvalue weighted by Gasteiger charge is 2.40. The van der Waals surface area contributed by atoms with Gasteiger partial charge in [-0.15, -0.1) is 0 Å². The lowest BCUT2D eigenvalue weighted by Crippen LogP contribution is -2.56. The number of hydrogen-bond donors (Lipinski definition) is 0. The Hall–Kier alpha value is -5.06. The van der Waals surface area contributed by atoms with Crippen LogP contribution in [0.5, 0.6) is 23.0 Å². The van der Waals surface area contributed by atoms with Gasteiger partial charge < -0.3 is 14.4 Å². The lowest BCUT2D eigenvalue weighted by Gasteiger charge is -2.39. The average Bonchev–Trinajstić information content (AvgIpc) is 3.06. The summed E-state index contributed by atoms with van der Waals surface area (Å²) in [7, 11) is -2.05. The molecule has 45 heavy (non-hydrogen) atoms. The van der Waals surface area contributed by atoms with Gasteiger partial charge in [-0.3, -0.25) is 0 Å². The molecule has 0 N–H and O–H groups in total. The zero-order valence-corrected chi connectivity index (χ0v) is 27.0. The molecule has 0 aliphatic carbocycles. The highest BCUT2D eigenvalue weighted by molar-refractivity contribution is 7.01. The van der Waals surface area contributed by atoms with E-state index in [1.54, 1.807) is 0 Å². The molecule has 0 radical (unpaired) electrons. The SMILES string of the molecule is CC1(C)c2ccccc2Oc2c(N(c3ccc(-c4ccccc4)cc3)c3cccc4c3Oc3ccccc3[Si]4(C)C)cccc21. The van der Waals surface area contributed by atoms with Crippen molar-refractivity contribution in [1.82, 2.24) is 0 Å². The molecule has 0 bridgehead atoms. The van der Waals surface area contributed by atoms with Crippen LogP contribution in [-0.4, -0.2) is 8.07 Å². The number of nitrogens with zero attached hydrogens (tertiary/aromatic N) is 1. The van der Waals surface area contributed by atoms with Gasteiger partial charge in [0.1, 0.15) is 19.6 Å². The normalized spacial score (nSPS) is 14.9. The van der Waals surface area contributed by atoms with Crippen LogP contribution >= 0.6 is 0 Å². The van der Waals surface area contributed by atoms with E-state index in [0.29, 0.717) is 0 Å². The molecule has 220 valence electrons. The fourth-order valence-electron chi connectivity index (χ4n) is 7.10. The van der Waals surface area contributed by atoms with E-state index in [1.165, 1.54) is 27.1 Å². The van der Waals surface area contributed by atoms with Gasteiger partial charge in [-0.05, 0) is 57.9 Å². The Bertz CT molecular complexity index is 1960. The minimum atomic E-state index is -2.05. The van der Waals surface area contributed by atoms with Crippen molar-refractivity contribution in [2.45, 2.75) is 32.4 Å². The van der Waals surface area contributed by atoms with Crippen molar-refractivity contribution in [3.63, 3.8) is 0 Å². The Balaban J connectivity index is 1.36. The average molecular weight is 602 g/mol. The zero-order chi connectivity index (χ0) is 30.8. The monoisotopic (exact) mass is 601 g/mol. The van der Waals surface area contributed by atoms with Crippen molar-refractivity contribution >= 4 is 35.5 Å². The van der Waals surface area contributed by atoms with E-state index in [0.717, 1.165) is 45.6 Å². The second-order valence-corrected chi connectivity index (χ2v) is 17.3. The van der Waals surface area contributed by atoms with E-state index in [9.17, 15) is 0 Å². The van der Waals surface area contributed by atoms with Gasteiger partial charge in [0.05, 0.1) is 11.4 Å². The van der Waals surface area contributed by atoms with Crippen molar-refractivity contribution < 1.29 is 9.47 Å². The van der Waals surface area contributed by atoms with E-state index >= 15 is 0 Å². The second kappa shape index (κ2) is 10.3. The van der Waals surface area contributed by atoms with E-state index in [-0.39, 0.29) is 5.41 Å². The van der Waals surface area contributed by atoms with Gasteiger partial charge in [-0.25, -0.2) is 0 Å². The van der Waals surface area contributed by atoms with Crippen LogP contribution in [0.3, 0.4) is 0 Å². The first-order chi connectivity index (χ1) is 21.8. The van der Waals surface area contributed by atoms with Crippen molar-refractivity contribution in [3.05, 3.63) is 151 Å². The molecule has 6 aromatic rings. The zero-order valence-electron chi connectivity index (χ0n) is 26.0. The molecule has 8 rings (SSSR count). The van der Waals surface area contributed by atoms with Gasteiger partial charge >= 0.3 is 0 Å². The maximum atomic E-state index is 6.85. The first-order valence-corrected chi connectivity index (χ1v) is 18.6. The fraction of sp³-hybridized carbons (Fsp3) is 0.122. The molecule has 0 aromatic heterocycles. The summed E-state index contributed by atoms with van der Waals surface area (Å²) >= 11 is 0. The third-order valence-corrected chi connectivity index (χ3v) is 13.1. The molecular weight excluding hydrogens is 567 g/mol. The smallest absolute Gasteiger partial charge is 0.155 e. The molecule has 0 amide bonds. The van der Waals surface area contributed by atoms with E-state index < -0.39 is 8.07 Å². The molecule has 0 fully saturated rings. The second-order valence-electron chi connectivity index (χ2n) is 13.0. The predicted octanol–water partition coefficient (Wildman–Crippen LogP) is 10.2. The first kappa shape index (κ1) is 27.5. The van der Waals surface area contributed by atoms with Gasteiger partial charge in [0.2, 0.25) is 0 Å². The van der Waals surface area contributed by atoms with Crippen LogP contribution in [0.4, 0.5) is 17.1 Å². The summed E-state index contributed by atoms with van der Waals surface area (Å²) in [6.07, 6.45) is 0. The third-order valence-electron chi connectivity index (χ3n) is 9.59. The van der Waals surface area contributed by atoms with Crippen LogP contribution in [0, 0.1) is 0 Å². The molecule has 0 spiro atoms. The molecular formula is C41H35NO2Si.